The van der Waals surface area contributed by atoms with Crippen LogP contribution in [0, 0.1) is 34.9 Å². The lowest BCUT2D eigenvalue weighted by Crippen LogP contribution is -2.51. The molecular formula is C42H53F6N5O10S2. The Bertz CT molecular complexity index is 2070. The minimum absolute atomic E-state index is 0.188. The van der Waals surface area contributed by atoms with Gasteiger partial charge in [0.25, 0.3) is 5.91 Å². The second kappa shape index (κ2) is 23.0. The summed E-state index contributed by atoms with van der Waals surface area (Å²) in [7, 11) is 0. The molecule has 5 rings (SSSR count). The molecule has 65 heavy (non-hydrogen) atoms. The SMILES string of the molecule is CC(C)(C)OC(=O)N[C@@H](CC(=O)N1CCSC1C(=O)N1CCOCC1)Cc1cc(F)c(F)cc1F.CC(C)(C)OC(=O)N[C@@H](CC(=O)N1CCSC1C(=O)O)Cc1cc(F)c(F)cc1F. The maximum Gasteiger partial charge on any atom is 0.407 e. The predicted molar refractivity (Wildman–Crippen MR) is 227 cm³/mol. The Kier molecular flexibility index (Phi) is 18.7. The van der Waals surface area contributed by atoms with Gasteiger partial charge in [-0.15, -0.1) is 23.5 Å². The van der Waals surface area contributed by atoms with E-state index in [-0.39, 0.29) is 49.3 Å². The number of carboxylic acids is 1. The van der Waals surface area contributed by atoms with E-state index in [4.69, 9.17) is 14.2 Å². The number of ether oxygens (including phenoxy) is 3. The topological polar surface area (TPSA) is 184 Å². The number of nitrogens with one attached hydrogen (secondary N) is 2. The number of aliphatic carboxylic acids is 1. The van der Waals surface area contributed by atoms with Gasteiger partial charge in [-0.2, -0.15) is 0 Å². The monoisotopic (exact) mass is 965 g/mol. The Morgan fingerprint density at radius 2 is 1.03 bits per heavy atom. The largest absolute Gasteiger partial charge is 0.479 e. The summed E-state index contributed by atoms with van der Waals surface area (Å²) < 4.78 is 97.9. The Labute approximate surface area is 380 Å². The zero-order chi connectivity index (χ0) is 48.4. The Morgan fingerprint density at radius 1 is 0.646 bits per heavy atom. The first-order valence-corrected chi connectivity index (χ1v) is 22.6. The van der Waals surface area contributed by atoms with Crippen LogP contribution in [-0.4, -0.2) is 141 Å². The van der Waals surface area contributed by atoms with Crippen molar-refractivity contribution in [2.24, 2.45) is 0 Å². The summed E-state index contributed by atoms with van der Waals surface area (Å²) in [5.41, 5.74) is -2.11. The van der Waals surface area contributed by atoms with Crippen LogP contribution in [0.15, 0.2) is 24.3 Å². The lowest BCUT2D eigenvalue weighted by atomic mass is 10.0. The van der Waals surface area contributed by atoms with E-state index < -0.39 is 98.9 Å². The second-order valence-corrected chi connectivity index (χ2v) is 19.5. The number of nitrogens with zero attached hydrogens (tertiary/aromatic N) is 3. The summed E-state index contributed by atoms with van der Waals surface area (Å²) in [5, 5.41) is 12.4. The number of morpholine rings is 1. The van der Waals surface area contributed by atoms with Crippen LogP contribution in [0.5, 0.6) is 0 Å². The van der Waals surface area contributed by atoms with Crippen LogP contribution < -0.4 is 10.6 Å². The van der Waals surface area contributed by atoms with Crippen molar-refractivity contribution in [1.29, 1.82) is 0 Å². The number of hydrogen-bond acceptors (Lipinski definition) is 11. The average Bonchev–Trinajstić information content (AvgIpc) is 3.89. The molecule has 0 aromatic heterocycles. The van der Waals surface area contributed by atoms with E-state index in [0.29, 0.717) is 68.6 Å². The van der Waals surface area contributed by atoms with Crippen LogP contribution in [0.2, 0.25) is 0 Å². The van der Waals surface area contributed by atoms with Crippen LogP contribution in [-0.2, 0) is 46.2 Å². The molecule has 15 nitrogen and oxygen atoms in total. The highest BCUT2D eigenvalue weighted by molar-refractivity contribution is 8.01. The molecule has 0 spiro atoms. The second-order valence-electron chi connectivity index (χ2n) is 17.1. The predicted octanol–water partition coefficient (Wildman–Crippen LogP) is 5.61. The summed E-state index contributed by atoms with van der Waals surface area (Å²) in [5.74, 6) is -8.59. The Morgan fingerprint density at radius 3 is 1.43 bits per heavy atom. The molecule has 2 aromatic rings. The van der Waals surface area contributed by atoms with Gasteiger partial charge in [-0.1, -0.05) is 0 Å². The van der Waals surface area contributed by atoms with Gasteiger partial charge in [-0.3, -0.25) is 14.4 Å². The molecule has 5 amide bonds. The van der Waals surface area contributed by atoms with Crippen molar-refractivity contribution in [2.45, 2.75) is 101 Å². The van der Waals surface area contributed by atoms with Gasteiger partial charge in [-0.25, -0.2) is 40.7 Å². The molecule has 3 fully saturated rings. The molecule has 0 bridgehead atoms. The zero-order valence-corrected chi connectivity index (χ0v) is 38.3. The van der Waals surface area contributed by atoms with E-state index in [1.54, 1.807) is 46.4 Å². The molecule has 4 atom stereocenters. The number of carbonyl (C=O) groups excluding carboxylic acids is 5. The number of halogens is 6. The lowest BCUT2D eigenvalue weighted by molar-refractivity contribution is -0.145. The third-order valence-electron chi connectivity index (χ3n) is 9.56. The van der Waals surface area contributed by atoms with Crippen LogP contribution in [0.4, 0.5) is 35.9 Å². The van der Waals surface area contributed by atoms with Gasteiger partial charge in [0, 0.05) is 74.7 Å². The van der Waals surface area contributed by atoms with Crippen LogP contribution >= 0.6 is 23.5 Å². The summed E-state index contributed by atoms with van der Waals surface area (Å²) >= 11 is 2.44. The first-order chi connectivity index (χ1) is 30.3. The molecule has 3 aliphatic heterocycles. The molecular weight excluding hydrogens is 913 g/mol. The van der Waals surface area contributed by atoms with Gasteiger partial charge >= 0.3 is 18.2 Å². The summed E-state index contributed by atoms with van der Waals surface area (Å²) in [6.07, 6.45) is -2.99. The molecule has 0 radical (unpaired) electrons. The zero-order valence-electron chi connectivity index (χ0n) is 36.7. The first kappa shape index (κ1) is 52.7. The fourth-order valence-electron chi connectivity index (χ4n) is 6.72. The number of rotatable bonds is 12. The molecule has 0 aliphatic carbocycles. The molecule has 3 aliphatic rings. The third-order valence-corrected chi connectivity index (χ3v) is 11.9. The van der Waals surface area contributed by atoms with Crippen LogP contribution in [0.3, 0.4) is 0 Å². The summed E-state index contributed by atoms with van der Waals surface area (Å²) in [6, 6.07) is 0.146. The highest BCUT2D eigenvalue weighted by Gasteiger charge is 2.39. The molecule has 0 saturated carbocycles. The number of carboxylic acid groups (broad SMARTS) is 1. The maximum absolute atomic E-state index is 14.3. The Hall–Kier alpha value is -4.90. The van der Waals surface area contributed by atoms with E-state index in [2.05, 4.69) is 10.6 Å². The number of thioether (sulfide) groups is 2. The van der Waals surface area contributed by atoms with E-state index in [1.165, 1.54) is 16.7 Å². The van der Waals surface area contributed by atoms with Gasteiger partial charge in [0.2, 0.25) is 11.8 Å². The van der Waals surface area contributed by atoms with Crippen molar-refractivity contribution < 1.29 is 74.4 Å². The number of hydrogen-bond donors (Lipinski definition) is 3. The van der Waals surface area contributed by atoms with Gasteiger partial charge in [-0.05, 0) is 77.6 Å². The highest BCUT2D eigenvalue weighted by atomic mass is 32.2. The van der Waals surface area contributed by atoms with Crippen molar-refractivity contribution in [3.8, 4) is 0 Å². The van der Waals surface area contributed by atoms with Gasteiger partial charge < -0.3 is 44.7 Å². The summed E-state index contributed by atoms with van der Waals surface area (Å²) in [4.78, 5) is 78.9. The van der Waals surface area contributed by atoms with E-state index in [0.717, 1.165) is 16.7 Å². The first-order valence-electron chi connectivity index (χ1n) is 20.5. The van der Waals surface area contributed by atoms with Gasteiger partial charge in [0.05, 0.1) is 13.2 Å². The number of carbonyl (C=O) groups is 6. The van der Waals surface area contributed by atoms with Crippen LogP contribution in [0.1, 0.15) is 65.5 Å². The van der Waals surface area contributed by atoms with E-state index in [9.17, 15) is 60.2 Å². The highest BCUT2D eigenvalue weighted by Crippen LogP contribution is 2.29. The maximum atomic E-state index is 14.3. The molecule has 3 saturated heterocycles. The fraction of sp³-hybridized carbons (Fsp3) is 0.571. The fourth-order valence-corrected chi connectivity index (χ4v) is 9.01. The van der Waals surface area contributed by atoms with Crippen molar-refractivity contribution in [3.05, 3.63) is 70.3 Å². The standard InChI is InChI=1S/C23H30F3N3O5S.C19H23F3N2O5S/c1-23(2,3)34-22(32)27-15(10-14-11-17(25)18(26)13-16(14)24)12-19(30)29-6-9-35-21(29)20(31)28-4-7-33-8-5-28;1-19(2,3)29-18(28)23-11(6-10-7-13(21)14(22)9-12(10)20)8-15(25)24-4-5-30-16(24)17(26)27/h11,13,15,21H,4-10,12H2,1-3H3,(H,27,32);7,9,11,16H,4-6,8H2,1-3H3,(H,23,28)(H,26,27)/t15-,21?;11-,16?/m11/s1. The number of amides is 5. The minimum atomic E-state index is -1.36. The van der Waals surface area contributed by atoms with Gasteiger partial charge in [0.1, 0.15) is 22.8 Å². The molecule has 23 heteroatoms. The minimum Gasteiger partial charge on any atom is -0.479 e. The van der Waals surface area contributed by atoms with Crippen molar-refractivity contribution in [2.75, 3.05) is 50.9 Å². The molecule has 2 unspecified atom stereocenters. The molecule has 360 valence electrons. The quantitative estimate of drug-likeness (QED) is 0.177. The normalized spacial score (nSPS) is 18.6. The summed E-state index contributed by atoms with van der Waals surface area (Å²) in [6.45, 7) is 12.1. The molecule has 2 aromatic carbocycles. The van der Waals surface area contributed by atoms with Crippen LogP contribution in [0.25, 0.3) is 0 Å². The number of alkyl carbamates (subject to hydrolysis) is 2. The Balaban J connectivity index is 0.000000288. The van der Waals surface area contributed by atoms with E-state index in [1.807, 2.05) is 0 Å². The van der Waals surface area contributed by atoms with Crippen molar-refractivity contribution >= 4 is 59.4 Å². The molecule has 3 N–H and O–H groups in total. The smallest absolute Gasteiger partial charge is 0.407 e. The van der Waals surface area contributed by atoms with Crippen molar-refractivity contribution in [1.82, 2.24) is 25.3 Å². The molecule has 3 heterocycles. The third kappa shape index (κ3) is 16.2. The van der Waals surface area contributed by atoms with Crippen molar-refractivity contribution in [3.63, 3.8) is 0 Å². The number of benzene rings is 2. The van der Waals surface area contributed by atoms with E-state index >= 15 is 0 Å². The average molecular weight is 966 g/mol. The lowest BCUT2D eigenvalue weighted by Gasteiger charge is -2.32. The van der Waals surface area contributed by atoms with Gasteiger partial charge in [0.15, 0.2) is 34.0 Å².